The number of halogens is 2. The second-order valence-corrected chi connectivity index (χ2v) is 4.28. The first kappa shape index (κ1) is 14.2. The monoisotopic (exact) mass is 295 g/mol. The van der Waals surface area contributed by atoms with E-state index in [0.29, 0.717) is 17.0 Å². The molecule has 0 atom stereocenters. The number of hydrazine groups is 1. The molecule has 0 saturated carbocycles. The van der Waals surface area contributed by atoms with Crippen molar-refractivity contribution in [2.45, 2.75) is 6.61 Å². The van der Waals surface area contributed by atoms with Gasteiger partial charge in [0.15, 0.2) is 0 Å². The fourth-order valence-electron chi connectivity index (χ4n) is 1.47. The quantitative estimate of drug-likeness (QED) is 0.514. The van der Waals surface area contributed by atoms with Crippen molar-refractivity contribution in [3.05, 3.63) is 58.6 Å². The van der Waals surface area contributed by atoms with Crippen LogP contribution >= 0.6 is 11.6 Å². The van der Waals surface area contributed by atoms with E-state index >= 15 is 0 Å². The van der Waals surface area contributed by atoms with E-state index in [1.54, 1.807) is 12.1 Å². The SMILES string of the molecule is NNC(=O)c1ccc(COc2ccc(F)cc2Cl)nc1. The average Bonchev–Trinajstić information content (AvgIpc) is 2.46. The third kappa shape index (κ3) is 3.43. The third-order valence-electron chi connectivity index (χ3n) is 2.49. The Labute approximate surface area is 119 Å². The number of nitrogens with one attached hydrogen (secondary N) is 1. The Morgan fingerprint density at radius 3 is 2.80 bits per heavy atom. The molecular weight excluding hydrogens is 285 g/mol. The molecule has 0 aliphatic rings. The van der Waals surface area contributed by atoms with E-state index in [1.165, 1.54) is 24.4 Å². The largest absolute Gasteiger partial charge is 0.486 e. The zero-order chi connectivity index (χ0) is 14.5. The first-order valence-corrected chi connectivity index (χ1v) is 6.01. The minimum Gasteiger partial charge on any atom is -0.486 e. The van der Waals surface area contributed by atoms with Gasteiger partial charge in [0, 0.05) is 6.20 Å². The van der Waals surface area contributed by atoms with Crippen molar-refractivity contribution in [1.29, 1.82) is 0 Å². The van der Waals surface area contributed by atoms with Gasteiger partial charge in [0.1, 0.15) is 18.2 Å². The van der Waals surface area contributed by atoms with Gasteiger partial charge in [0.25, 0.3) is 5.91 Å². The van der Waals surface area contributed by atoms with Crippen LogP contribution < -0.4 is 16.0 Å². The van der Waals surface area contributed by atoms with Crippen molar-refractivity contribution in [1.82, 2.24) is 10.4 Å². The van der Waals surface area contributed by atoms with Gasteiger partial charge >= 0.3 is 0 Å². The van der Waals surface area contributed by atoms with E-state index in [0.717, 1.165) is 0 Å². The summed E-state index contributed by atoms with van der Waals surface area (Å²) < 4.78 is 18.3. The lowest BCUT2D eigenvalue weighted by Crippen LogP contribution is -2.30. The van der Waals surface area contributed by atoms with Gasteiger partial charge in [-0.2, -0.15) is 0 Å². The highest BCUT2D eigenvalue weighted by molar-refractivity contribution is 6.32. The van der Waals surface area contributed by atoms with Gasteiger partial charge in [0.05, 0.1) is 16.3 Å². The standard InChI is InChI=1S/C13H11ClFN3O2/c14-11-5-9(15)2-4-12(11)20-7-10-3-1-8(6-17-10)13(19)18-16/h1-6H,7,16H2,(H,18,19). The van der Waals surface area contributed by atoms with Crippen LogP contribution in [0.5, 0.6) is 5.75 Å². The Morgan fingerprint density at radius 1 is 1.40 bits per heavy atom. The molecule has 1 aromatic carbocycles. The highest BCUT2D eigenvalue weighted by Gasteiger charge is 2.06. The lowest BCUT2D eigenvalue weighted by atomic mass is 10.2. The number of hydrogen-bond donors (Lipinski definition) is 2. The number of carbonyl (C=O) groups excluding carboxylic acids is 1. The Kier molecular flexibility index (Phi) is 4.49. The molecule has 2 aromatic rings. The van der Waals surface area contributed by atoms with Gasteiger partial charge in [-0.15, -0.1) is 0 Å². The van der Waals surface area contributed by atoms with Crippen LogP contribution in [0.15, 0.2) is 36.5 Å². The number of amides is 1. The molecule has 0 aliphatic heterocycles. The van der Waals surface area contributed by atoms with Gasteiger partial charge in [0.2, 0.25) is 0 Å². The van der Waals surface area contributed by atoms with Crippen LogP contribution in [-0.4, -0.2) is 10.9 Å². The molecule has 20 heavy (non-hydrogen) atoms. The molecule has 0 radical (unpaired) electrons. The van der Waals surface area contributed by atoms with Crippen molar-refractivity contribution in [3.63, 3.8) is 0 Å². The maximum Gasteiger partial charge on any atom is 0.266 e. The lowest BCUT2D eigenvalue weighted by molar-refractivity contribution is 0.0953. The summed E-state index contributed by atoms with van der Waals surface area (Å²) in [5, 5.41) is 0.184. The first-order chi connectivity index (χ1) is 9.60. The molecule has 3 N–H and O–H groups in total. The van der Waals surface area contributed by atoms with Crippen LogP contribution in [0.4, 0.5) is 4.39 Å². The van der Waals surface area contributed by atoms with Crippen molar-refractivity contribution in [3.8, 4) is 5.75 Å². The third-order valence-corrected chi connectivity index (χ3v) is 2.78. The summed E-state index contributed by atoms with van der Waals surface area (Å²) in [5.74, 6) is 4.51. The van der Waals surface area contributed by atoms with E-state index in [9.17, 15) is 9.18 Å². The Morgan fingerprint density at radius 2 is 2.20 bits per heavy atom. The molecule has 0 spiro atoms. The summed E-state index contributed by atoms with van der Waals surface area (Å²) in [4.78, 5) is 15.3. The molecule has 2 rings (SSSR count). The number of carbonyl (C=O) groups is 1. The smallest absolute Gasteiger partial charge is 0.266 e. The van der Waals surface area contributed by atoms with E-state index in [-0.39, 0.29) is 11.6 Å². The van der Waals surface area contributed by atoms with Gasteiger partial charge in [-0.3, -0.25) is 15.2 Å². The lowest BCUT2D eigenvalue weighted by Gasteiger charge is -2.08. The summed E-state index contributed by atoms with van der Waals surface area (Å²) in [6.07, 6.45) is 1.38. The molecule has 104 valence electrons. The highest BCUT2D eigenvalue weighted by Crippen LogP contribution is 2.25. The predicted molar refractivity (Wildman–Crippen MR) is 71.6 cm³/mol. The molecule has 0 aliphatic carbocycles. The second-order valence-electron chi connectivity index (χ2n) is 3.88. The summed E-state index contributed by atoms with van der Waals surface area (Å²) in [6.45, 7) is 0.149. The molecule has 7 heteroatoms. The molecule has 1 amide bonds. The summed E-state index contributed by atoms with van der Waals surface area (Å²) in [5.41, 5.74) is 2.95. The van der Waals surface area contributed by atoms with E-state index in [1.807, 2.05) is 5.43 Å². The second kappa shape index (κ2) is 6.31. The molecule has 0 fully saturated rings. The minimum absolute atomic E-state index is 0.149. The molecule has 5 nitrogen and oxygen atoms in total. The van der Waals surface area contributed by atoms with Crippen molar-refractivity contribution < 1.29 is 13.9 Å². The average molecular weight is 296 g/mol. The Bertz CT molecular complexity index is 620. The number of benzene rings is 1. The molecule has 0 saturated heterocycles. The van der Waals surface area contributed by atoms with Crippen LogP contribution in [-0.2, 0) is 6.61 Å². The van der Waals surface area contributed by atoms with Crippen molar-refractivity contribution in [2.75, 3.05) is 0 Å². The van der Waals surface area contributed by atoms with Crippen LogP contribution in [0.3, 0.4) is 0 Å². The fourth-order valence-corrected chi connectivity index (χ4v) is 1.69. The number of nitrogens with zero attached hydrogens (tertiary/aromatic N) is 1. The van der Waals surface area contributed by atoms with Crippen molar-refractivity contribution >= 4 is 17.5 Å². The van der Waals surface area contributed by atoms with Crippen LogP contribution in [0, 0.1) is 5.82 Å². The zero-order valence-electron chi connectivity index (χ0n) is 10.3. The summed E-state index contributed by atoms with van der Waals surface area (Å²) in [6, 6.07) is 7.05. The minimum atomic E-state index is -0.433. The molecule has 0 unspecified atom stereocenters. The Hall–Kier alpha value is -2.18. The van der Waals surface area contributed by atoms with E-state index < -0.39 is 11.7 Å². The molecule has 0 bridgehead atoms. The van der Waals surface area contributed by atoms with Gasteiger partial charge < -0.3 is 4.74 Å². The van der Waals surface area contributed by atoms with Gasteiger partial charge in [-0.25, -0.2) is 10.2 Å². The summed E-state index contributed by atoms with van der Waals surface area (Å²) in [7, 11) is 0. The number of nitrogen functional groups attached to an aromatic ring is 1. The number of rotatable bonds is 4. The van der Waals surface area contributed by atoms with Crippen LogP contribution in [0.25, 0.3) is 0 Å². The Balaban J connectivity index is 2.02. The number of pyridine rings is 1. The topological polar surface area (TPSA) is 77.2 Å². The number of nitrogens with two attached hydrogens (primary N) is 1. The predicted octanol–water partition coefficient (Wildman–Crippen LogP) is 2.06. The maximum atomic E-state index is 12.9. The highest BCUT2D eigenvalue weighted by atomic mass is 35.5. The number of aromatic nitrogens is 1. The van der Waals surface area contributed by atoms with E-state index in [2.05, 4.69) is 4.98 Å². The molecular formula is C13H11ClFN3O2. The molecule has 1 aromatic heterocycles. The number of hydrogen-bond acceptors (Lipinski definition) is 4. The van der Waals surface area contributed by atoms with Gasteiger partial charge in [-0.05, 0) is 30.3 Å². The number of ether oxygens (including phenoxy) is 1. The van der Waals surface area contributed by atoms with E-state index in [4.69, 9.17) is 22.2 Å². The van der Waals surface area contributed by atoms with Crippen LogP contribution in [0.2, 0.25) is 5.02 Å². The fraction of sp³-hybridized carbons (Fsp3) is 0.0769. The summed E-state index contributed by atoms with van der Waals surface area (Å²) >= 11 is 5.83. The maximum absolute atomic E-state index is 12.9. The zero-order valence-corrected chi connectivity index (χ0v) is 11.0. The van der Waals surface area contributed by atoms with Crippen molar-refractivity contribution in [2.24, 2.45) is 5.84 Å². The van der Waals surface area contributed by atoms with Gasteiger partial charge in [-0.1, -0.05) is 11.6 Å². The first-order valence-electron chi connectivity index (χ1n) is 5.64. The molecule has 1 heterocycles. The van der Waals surface area contributed by atoms with Crippen LogP contribution in [0.1, 0.15) is 16.1 Å². The normalized spacial score (nSPS) is 10.2.